The third-order valence-electron chi connectivity index (χ3n) is 3.78. The number of hydrogen-bond acceptors (Lipinski definition) is 2. The summed E-state index contributed by atoms with van der Waals surface area (Å²) in [5.74, 6) is 0. The zero-order chi connectivity index (χ0) is 11.9. The first-order valence-corrected chi connectivity index (χ1v) is 7.06. The van der Waals surface area contributed by atoms with E-state index in [0.29, 0.717) is 6.04 Å². The quantitative estimate of drug-likeness (QED) is 0.804. The number of pyridine rings is 1. The predicted octanol–water partition coefficient (Wildman–Crippen LogP) is 3.46. The highest BCUT2D eigenvalue weighted by atomic mass is 14.9. The minimum absolute atomic E-state index is 0.712. The highest BCUT2D eigenvalue weighted by Crippen LogP contribution is 2.17. The van der Waals surface area contributed by atoms with Gasteiger partial charge in [-0.15, -0.1) is 0 Å². The molecule has 0 spiro atoms. The second kappa shape index (κ2) is 6.75. The van der Waals surface area contributed by atoms with Crippen LogP contribution < -0.4 is 5.32 Å². The lowest BCUT2D eigenvalue weighted by Gasteiger charge is -2.16. The molecule has 2 heteroatoms. The smallest absolute Gasteiger partial charge is 0.0573 e. The zero-order valence-corrected chi connectivity index (χ0v) is 10.9. The third-order valence-corrected chi connectivity index (χ3v) is 3.78. The molecule has 0 amide bonds. The van der Waals surface area contributed by atoms with Gasteiger partial charge in [0.2, 0.25) is 0 Å². The first-order chi connectivity index (χ1) is 8.40. The van der Waals surface area contributed by atoms with E-state index in [1.165, 1.54) is 49.8 Å². The number of rotatable bonds is 4. The van der Waals surface area contributed by atoms with Crippen LogP contribution in [0.5, 0.6) is 0 Å². The van der Waals surface area contributed by atoms with E-state index in [0.717, 1.165) is 13.0 Å². The zero-order valence-electron chi connectivity index (χ0n) is 10.9. The molecule has 1 aromatic heterocycles. The summed E-state index contributed by atoms with van der Waals surface area (Å²) in [6.07, 6.45) is 11.3. The monoisotopic (exact) mass is 232 g/mol. The normalized spacial score (nSPS) is 17.9. The van der Waals surface area contributed by atoms with Crippen molar-refractivity contribution in [3.8, 4) is 0 Å². The van der Waals surface area contributed by atoms with Crippen LogP contribution in [-0.2, 0) is 13.0 Å². The largest absolute Gasteiger partial charge is 0.308 e. The van der Waals surface area contributed by atoms with Crippen molar-refractivity contribution in [2.75, 3.05) is 0 Å². The summed E-state index contributed by atoms with van der Waals surface area (Å²) in [5, 5.41) is 3.69. The van der Waals surface area contributed by atoms with Gasteiger partial charge < -0.3 is 5.32 Å². The lowest BCUT2D eigenvalue weighted by Crippen LogP contribution is -2.28. The molecule has 0 radical (unpaired) electrons. The van der Waals surface area contributed by atoms with Gasteiger partial charge in [0.1, 0.15) is 0 Å². The summed E-state index contributed by atoms with van der Waals surface area (Å²) in [4.78, 5) is 4.49. The van der Waals surface area contributed by atoms with Gasteiger partial charge in [-0.1, -0.05) is 38.7 Å². The maximum Gasteiger partial charge on any atom is 0.0573 e. The molecule has 2 nitrogen and oxygen atoms in total. The number of nitrogens with zero attached hydrogens (tertiary/aromatic N) is 1. The van der Waals surface area contributed by atoms with Gasteiger partial charge in [-0.3, -0.25) is 4.98 Å². The molecule has 0 saturated heterocycles. The summed E-state index contributed by atoms with van der Waals surface area (Å²) >= 11 is 0. The lowest BCUT2D eigenvalue weighted by atomic mass is 10.1. The van der Waals surface area contributed by atoms with Crippen molar-refractivity contribution in [2.45, 2.75) is 64.5 Å². The molecular weight excluding hydrogens is 208 g/mol. The summed E-state index contributed by atoms with van der Waals surface area (Å²) < 4.78 is 0. The van der Waals surface area contributed by atoms with Gasteiger partial charge in [0, 0.05) is 18.8 Å². The van der Waals surface area contributed by atoms with Gasteiger partial charge >= 0.3 is 0 Å². The minimum atomic E-state index is 0.712. The molecule has 1 N–H and O–H groups in total. The van der Waals surface area contributed by atoms with E-state index >= 15 is 0 Å². The first kappa shape index (κ1) is 12.6. The fourth-order valence-corrected chi connectivity index (χ4v) is 2.68. The molecule has 0 atom stereocenters. The number of nitrogens with one attached hydrogen (secondary N) is 1. The van der Waals surface area contributed by atoms with Gasteiger partial charge in [0.25, 0.3) is 0 Å². The Bertz CT molecular complexity index is 327. The van der Waals surface area contributed by atoms with E-state index in [2.05, 4.69) is 23.3 Å². The molecule has 0 unspecified atom stereocenters. The first-order valence-electron chi connectivity index (χ1n) is 7.06. The maximum atomic E-state index is 4.49. The molecule has 2 rings (SSSR count). The molecule has 1 aliphatic rings. The second-order valence-electron chi connectivity index (χ2n) is 5.03. The number of hydrogen-bond donors (Lipinski definition) is 1. The molecule has 17 heavy (non-hydrogen) atoms. The van der Waals surface area contributed by atoms with Crippen molar-refractivity contribution in [1.82, 2.24) is 10.3 Å². The maximum absolute atomic E-state index is 4.49. The average Bonchev–Trinajstić information content (AvgIpc) is 2.65. The van der Waals surface area contributed by atoms with Gasteiger partial charge in [-0.2, -0.15) is 0 Å². The van der Waals surface area contributed by atoms with E-state index in [4.69, 9.17) is 0 Å². The SMILES string of the molecule is CCc1cccnc1CNC1CCCCCC1. The van der Waals surface area contributed by atoms with Crippen molar-refractivity contribution in [3.63, 3.8) is 0 Å². The molecule has 1 heterocycles. The van der Waals surface area contributed by atoms with Crippen molar-refractivity contribution in [1.29, 1.82) is 0 Å². The molecule has 94 valence electrons. The second-order valence-corrected chi connectivity index (χ2v) is 5.03. The van der Waals surface area contributed by atoms with Crippen LogP contribution in [-0.4, -0.2) is 11.0 Å². The summed E-state index contributed by atoms with van der Waals surface area (Å²) in [6, 6.07) is 4.94. The van der Waals surface area contributed by atoms with E-state index in [1.807, 2.05) is 12.3 Å². The van der Waals surface area contributed by atoms with E-state index in [1.54, 1.807) is 0 Å². The molecule has 0 bridgehead atoms. The van der Waals surface area contributed by atoms with E-state index < -0.39 is 0 Å². The Morgan fingerprint density at radius 3 is 2.71 bits per heavy atom. The lowest BCUT2D eigenvalue weighted by molar-refractivity contribution is 0.455. The Hall–Kier alpha value is -0.890. The molecule has 1 fully saturated rings. The summed E-state index contributed by atoms with van der Waals surface area (Å²) in [7, 11) is 0. The fourth-order valence-electron chi connectivity index (χ4n) is 2.68. The molecular formula is C15H24N2. The molecule has 1 aromatic rings. The highest BCUT2D eigenvalue weighted by Gasteiger charge is 2.12. The van der Waals surface area contributed by atoms with Crippen LogP contribution in [0, 0.1) is 0 Å². The highest BCUT2D eigenvalue weighted by molar-refractivity contribution is 5.19. The van der Waals surface area contributed by atoms with Crippen molar-refractivity contribution >= 4 is 0 Å². The standard InChI is InChI=1S/C15H24N2/c1-2-13-8-7-11-16-15(13)12-17-14-9-5-3-4-6-10-14/h7-8,11,14,17H,2-6,9-10,12H2,1H3. The topological polar surface area (TPSA) is 24.9 Å². The van der Waals surface area contributed by atoms with Gasteiger partial charge in [-0.25, -0.2) is 0 Å². The van der Waals surface area contributed by atoms with Crippen LogP contribution in [0.25, 0.3) is 0 Å². The van der Waals surface area contributed by atoms with E-state index in [-0.39, 0.29) is 0 Å². The van der Waals surface area contributed by atoms with Crippen molar-refractivity contribution in [2.24, 2.45) is 0 Å². The Balaban J connectivity index is 1.87. The Labute approximate surface area is 105 Å². The van der Waals surface area contributed by atoms with Gasteiger partial charge in [0.15, 0.2) is 0 Å². The fraction of sp³-hybridized carbons (Fsp3) is 0.667. The average molecular weight is 232 g/mol. The predicted molar refractivity (Wildman–Crippen MR) is 71.9 cm³/mol. The summed E-state index contributed by atoms with van der Waals surface area (Å²) in [6.45, 7) is 3.14. The molecule has 1 saturated carbocycles. The Kier molecular flexibility index (Phi) is 4.99. The molecule has 0 aliphatic heterocycles. The Morgan fingerprint density at radius 1 is 1.24 bits per heavy atom. The summed E-state index contributed by atoms with van der Waals surface area (Å²) in [5.41, 5.74) is 2.62. The van der Waals surface area contributed by atoms with Crippen LogP contribution in [0.4, 0.5) is 0 Å². The van der Waals surface area contributed by atoms with Gasteiger partial charge in [0.05, 0.1) is 5.69 Å². The molecule has 1 aliphatic carbocycles. The number of aromatic nitrogens is 1. The number of aryl methyl sites for hydroxylation is 1. The van der Waals surface area contributed by atoms with Crippen LogP contribution in [0.15, 0.2) is 18.3 Å². The molecule has 0 aromatic carbocycles. The van der Waals surface area contributed by atoms with E-state index in [9.17, 15) is 0 Å². The van der Waals surface area contributed by atoms with Crippen LogP contribution in [0.3, 0.4) is 0 Å². The van der Waals surface area contributed by atoms with Crippen molar-refractivity contribution in [3.05, 3.63) is 29.6 Å². The van der Waals surface area contributed by atoms with Crippen molar-refractivity contribution < 1.29 is 0 Å². The van der Waals surface area contributed by atoms with Gasteiger partial charge in [-0.05, 0) is 30.9 Å². The van der Waals surface area contributed by atoms with Crippen LogP contribution >= 0.6 is 0 Å². The van der Waals surface area contributed by atoms with Crippen LogP contribution in [0.2, 0.25) is 0 Å². The Morgan fingerprint density at radius 2 is 2.00 bits per heavy atom. The van der Waals surface area contributed by atoms with Crippen LogP contribution in [0.1, 0.15) is 56.7 Å². The third kappa shape index (κ3) is 3.81. The minimum Gasteiger partial charge on any atom is -0.308 e.